The smallest absolute Gasteiger partial charge is 0.264 e. The standard InChI is InChI=1S/C24H25N3O3S/c1-4-17-27(22-10-6-5-7-11-22)31(29,30)23-12-8-9-19(18-23)24(28)25-20-13-15-21(16-14-20)26(2)3/h4-16,18H,1,17H2,2-3H3,(H,25,28). The molecule has 0 saturated heterocycles. The largest absolute Gasteiger partial charge is 0.378 e. The van der Waals surface area contributed by atoms with Crippen molar-refractivity contribution in [2.45, 2.75) is 4.90 Å². The van der Waals surface area contributed by atoms with Gasteiger partial charge < -0.3 is 10.2 Å². The molecule has 0 spiro atoms. The third-order valence-corrected chi connectivity index (χ3v) is 6.45. The lowest BCUT2D eigenvalue weighted by Crippen LogP contribution is -2.31. The summed E-state index contributed by atoms with van der Waals surface area (Å²) in [4.78, 5) is 14.7. The van der Waals surface area contributed by atoms with Crippen LogP contribution in [-0.4, -0.2) is 35.0 Å². The number of hydrogen-bond acceptors (Lipinski definition) is 4. The number of nitrogens with zero attached hydrogens (tertiary/aromatic N) is 2. The minimum Gasteiger partial charge on any atom is -0.378 e. The summed E-state index contributed by atoms with van der Waals surface area (Å²) in [6.07, 6.45) is 1.53. The second-order valence-corrected chi connectivity index (χ2v) is 8.95. The molecule has 3 aromatic rings. The van der Waals surface area contributed by atoms with Crippen LogP contribution in [0.1, 0.15) is 10.4 Å². The number of benzene rings is 3. The molecular weight excluding hydrogens is 410 g/mol. The van der Waals surface area contributed by atoms with Gasteiger partial charge in [-0.05, 0) is 54.6 Å². The molecule has 0 bridgehead atoms. The lowest BCUT2D eigenvalue weighted by atomic mass is 10.2. The van der Waals surface area contributed by atoms with Gasteiger partial charge in [0.1, 0.15) is 0 Å². The Morgan fingerprint density at radius 3 is 2.23 bits per heavy atom. The highest BCUT2D eigenvalue weighted by Crippen LogP contribution is 2.24. The van der Waals surface area contributed by atoms with E-state index in [1.165, 1.54) is 22.5 Å². The number of hydrogen-bond donors (Lipinski definition) is 1. The number of anilines is 3. The van der Waals surface area contributed by atoms with Crippen LogP contribution >= 0.6 is 0 Å². The van der Waals surface area contributed by atoms with E-state index in [9.17, 15) is 13.2 Å². The molecule has 0 aliphatic carbocycles. The van der Waals surface area contributed by atoms with Gasteiger partial charge in [-0.25, -0.2) is 8.42 Å². The predicted molar refractivity (Wildman–Crippen MR) is 126 cm³/mol. The fourth-order valence-electron chi connectivity index (χ4n) is 3.03. The van der Waals surface area contributed by atoms with Gasteiger partial charge in [-0.1, -0.05) is 30.3 Å². The molecule has 0 atom stereocenters. The van der Waals surface area contributed by atoms with Crippen molar-refractivity contribution in [2.24, 2.45) is 0 Å². The summed E-state index contributed by atoms with van der Waals surface area (Å²) in [5, 5.41) is 2.81. The summed E-state index contributed by atoms with van der Waals surface area (Å²) in [7, 11) is -0.0134. The van der Waals surface area contributed by atoms with Gasteiger partial charge in [-0.2, -0.15) is 0 Å². The molecule has 1 amide bonds. The summed E-state index contributed by atoms with van der Waals surface area (Å²) in [5.74, 6) is -0.385. The molecule has 0 heterocycles. The average Bonchev–Trinajstić information content (AvgIpc) is 2.78. The van der Waals surface area contributed by atoms with Crippen LogP contribution in [0.25, 0.3) is 0 Å². The zero-order valence-corrected chi connectivity index (χ0v) is 18.3. The number of amides is 1. The minimum atomic E-state index is -3.88. The van der Waals surface area contributed by atoms with Crippen LogP contribution in [0, 0.1) is 0 Å². The maximum atomic E-state index is 13.3. The third-order valence-electron chi connectivity index (χ3n) is 4.66. The summed E-state index contributed by atoms with van der Waals surface area (Å²) in [6, 6.07) is 22.2. The number of carbonyl (C=O) groups is 1. The average molecular weight is 436 g/mol. The number of sulfonamides is 1. The highest BCUT2D eigenvalue weighted by atomic mass is 32.2. The van der Waals surface area contributed by atoms with Crippen molar-refractivity contribution in [1.82, 2.24) is 0 Å². The first kappa shape index (κ1) is 22.1. The Hall–Kier alpha value is -3.58. The van der Waals surface area contributed by atoms with Crippen molar-refractivity contribution in [2.75, 3.05) is 35.2 Å². The van der Waals surface area contributed by atoms with Crippen LogP contribution in [0.4, 0.5) is 17.1 Å². The van der Waals surface area contributed by atoms with E-state index < -0.39 is 10.0 Å². The molecule has 0 aliphatic heterocycles. The van der Waals surface area contributed by atoms with E-state index >= 15 is 0 Å². The molecule has 0 radical (unpaired) electrons. The summed E-state index contributed by atoms with van der Waals surface area (Å²) < 4.78 is 27.9. The molecule has 0 aliphatic rings. The topological polar surface area (TPSA) is 69.7 Å². The Balaban J connectivity index is 1.87. The van der Waals surface area contributed by atoms with Crippen LogP contribution in [-0.2, 0) is 10.0 Å². The number of rotatable bonds is 8. The summed E-state index contributed by atoms with van der Waals surface area (Å²) >= 11 is 0. The molecule has 3 aromatic carbocycles. The second kappa shape index (κ2) is 9.49. The van der Waals surface area contributed by atoms with E-state index in [0.717, 1.165) is 5.69 Å². The lowest BCUT2D eigenvalue weighted by Gasteiger charge is -2.23. The summed E-state index contributed by atoms with van der Waals surface area (Å²) in [6.45, 7) is 3.78. The Morgan fingerprint density at radius 1 is 0.935 bits per heavy atom. The van der Waals surface area contributed by atoms with Crippen LogP contribution < -0.4 is 14.5 Å². The molecule has 31 heavy (non-hydrogen) atoms. The zero-order chi connectivity index (χ0) is 22.4. The van der Waals surface area contributed by atoms with E-state index in [0.29, 0.717) is 11.4 Å². The quantitative estimate of drug-likeness (QED) is 0.533. The van der Waals surface area contributed by atoms with E-state index in [1.54, 1.807) is 48.5 Å². The van der Waals surface area contributed by atoms with Crippen molar-refractivity contribution in [3.8, 4) is 0 Å². The fraction of sp³-hybridized carbons (Fsp3) is 0.125. The molecule has 0 saturated carbocycles. The van der Waals surface area contributed by atoms with Gasteiger partial charge in [-0.3, -0.25) is 9.10 Å². The van der Waals surface area contributed by atoms with Crippen LogP contribution in [0.5, 0.6) is 0 Å². The van der Waals surface area contributed by atoms with Crippen LogP contribution in [0.3, 0.4) is 0 Å². The first-order valence-corrected chi connectivity index (χ1v) is 11.1. The highest BCUT2D eigenvalue weighted by Gasteiger charge is 2.24. The number of nitrogens with one attached hydrogen (secondary N) is 1. The van der Waals surface area contributed by atoms with Gasteiger partial charge in [0.05, 0.1) is 17.1 Å². The van der Waals surface area contributed by atoms with Crippen LogP contribution in [0.2, 0.25) is 0 Å². The summed E-state index contributed by atoms with van der Waals surface area (Å²) in [5.41, 5.74) is 2.42. The lowest BCUT2D eigenvalue weighted by molar-refractivity contribution is 0.102. The Labute approximate surface area is 183 Å². The number of carbonyl (C=O) groups excluding carboxylic acids is 1. The van der Waals surface area contributed by atoms with Crippen molar-refractivity contribution < 1.29 is 13.2 Å². The molecule has 0 fully saturated rings. The zero-order valence-electron chi connectivity index (χ0n) is 17.5. The van der Waals surface area contributed by atoms with Crippen molar-refractivity contribution in [1.29, 1.82) is 0 Å². The van der Waals surface area contributed by atoms with E-state index in [-0.39, 0.29) is 22.9 Å². The third kappa shape index (κ3) is 5.13. The van der Waals surface area contributed by atoms with Gasteiger partial charge >= 0.3 is 0 Å². The predicted octanol–water partition coefficient (Wildman–Crippen LogP) is 4.39. The van der Waals surface area contributed by atoms with Gasteiger partial charge in [0.2, 0.25) is 0 Å². The Bertz CT molecular complexity index is 1160. The maximum absolute atomic E-state index is 13.3. The van der Waals surface area contributed by atoms with Gasteiger partial charge in [-0.15, -0.1) is 6.58 Å². The molecule has 7 heteroatoms. The van der Waals surface area contributed by atoms with Gasteiger partial charge in [0.15, 0.2) is 0 Å². The Morgan fingerprint density at radius 2 is 1.61 bits per heavy atom. The van der Waals surface area contributed by atoms with Gasteiger partial charge in [0, 0.05) is 31.0 Å². The number of para-hydroxylation sites is 1. The molecule has 0 aromatic heterocycles. The van der Waals surface area contributed by atoms with Crippen molar-refractivity contribution >= 4 is 33.0 Å². The molecule has 0 unspecified atom stereocenters. The normalized spacial score (nSPS) is 10.9. The first-order valence-electron chi connectivity index (χ1n) is 9.70. The van der Waals surface area contributed by atoms with E-state index in [1.807, 2.05) is 37.2 Å². The minimum absolute atomic E-state index is 0.0359. The van der Waals surface area contributed by atoms with E-state index in [2.05, 4.69) is 11.9 Å². The molecule has 3 rings (SSSR count). The molecule has 1 N–H and O–H groups in total. The second-order valence-electron chi connectivity index (χ2n) is 7.08. The fourth-order valence-corrected chi connectivity index (χ4v) is 4.51. The van der Waals surface area contributed by atoms with E-state index in [4.69, 9.17) is 0 Å². The maximum Gasteiger partial charge on any atom is 0.264 e. The van der Waals surface area contributed by atoms with Gasteiger partial charge in [0.25, 0.3) is 15.9 Å². The highest BCUT2D eigenvalue weighted by molar-refractivity contribution is 7.92. The first-order chi connectivity index (χ1) is 14.8. The SMILES string of the molecule is C=CCN(c1ccccc1)S(=O)(=O)c1cccc(C(=O)Nc2ccc(N(C)C)cc2)c1. The van der Waals surface area contributed by atoms with Crippen LogP contribution in [0.15, 0.2) is 96.4 Å². The molecular formula is C24H25N3O3S. The Kier molecular flexibility index (Phi) is 6.77. The molecule has 6 nitrogen and oxygen atoms in total. The van der Waals surface area contributed by atoms with Crippen molar-refractivity contribution in [3.63, 3.8) is 0 Å². The monoisotopic (exact) mass is 435 g/mol. The molecule has 160 valence electrons. The van der Waals surface area contributed by atoms with Crippen molar-refractivity contribution in [3.05, 3.63) is 97.1 Å².